The molecule has 0 radical (unpaired) electrons. The van der Waals surface area contributed by atoms with Crippen molar-refractivity contribution in [1.29, 1.82) is 0 Å². The molecular formula is C19H15FN2O3S. The van der Waals surface area contributed by atoms with Gasteiger partial charge in [-0.05, 0) is 55.5 Å². The average Bonchev–Trinajstić information content (AvgIpc) is 2.64. The Bertz CT molecular complexity index is 1030. The van der Waals surface area contributed by atoms with Crippen LogP contribution in [0.2, 0.25) is 0 Å². The van der Waals surface area contributed by atoms with Gasteiger partial charge in [-0.3, -0.25) is 4.79 Å². The number of pyridine rings is 1. The third-order valence-electron chi connectivity index (χ3n) is 3.71. The first-order chi connectivity index (χ1) is 12.4. The number of benzene rings is 2. The molecule has 1 aromatic heterocycles. The van der Waals surface area contributed by atoms with Gasteiger partial charge in [0, 0.05) is 11.9 Å². The summed E-state index contributed by atoms with van der Waals surface area (Å²) in [6.45, 7) is 1.86. The highest BCUT2D eigenvalue weighted by molar-refractivity contribution is 7.91. The summed E-state index contributed by atoms with van der Waals surface area (Å²) in [5.41, 5.74) is 1.56. The number of rotatable bonds is 4. The van der Waals surface area contributed by atoms with Crippen LogP contribution in [0, 0.1) is 12.7 Å². The zero-order valence-electron chi connectivity index (χ0n) is 13.8. The zero-order chi connectivity index (χ0) is 18.7. The Hall–Kier alpha value is -3.06. The minimum absolute atomic E-state index is 0.138. The molecule has 0 saturated heterocycles. The number of nitrogens with one attached hydrogen (secondary N) is 1. The smallest absolute Gasteiger partial charge is 0.257 e. The van der Waals surface area contributed by atoms with Crippen LogP contribution >= 0.6 is 0 Å². The average molecular weight is 370 g/mol. The molecule has 0 aliphatic rings. The van der Waals surface area contributed by atoms with Gasteiger partial charge in [-0.25, -0.2) is 17.8 Å². The highest BCUT2D eigenvalue weighted by Gasteiger charge is 2.19. The lowest BCUT2D eigenvalue weighted by Gasteiger charge is -2.07. The Kier molecular flexibility index (Phi) is 4.81. The second-order valence-corrected chi connectivity index (χ2v) is 7.56. The minimum Gasteiger partial charge on any atom is -0.322 e. The van der Waals surface area contributed by atoms with Gasteiger partial charge in [0.15, 0.2) is 5.03 Å². The molecule has 0 aliphatic heterocycles. The first-order valence-corrected chi connectivity index (χ1v) is 9.19. The van der Waals surface area contributed by atoms with E-state index in [9.17, 15) is 17.6 Å². The number of amides is 1. The Morgan fingerprint density at radius 1 is 0.962 bits per heavy atom. The van der Waals surface area contributed by atoms with Crippen LogP contribution in [0.1, 0.15) is 15.9 Å². The highest BCUT2D eigenvalue weighted by Crippen LogP contribution is 2.20. The molecule has 0 unspecified atom stereocenters. The Balaban J connectivity index is 1.80. The number of anilines is 1. The van der Waals surface area contributed by atoms with Crippen molar-refractivity contribution in [2.75, 3.05) is 5.32 Å². The third kappa shape index (κ3) is 3.78. The van der Waals surface area contributed by atoms with E-state index in [0.717, 1.165) is 5.56 Å². The summed E-state index contributed by atoms with van der Waals surface area (Å²) in [5.74, 6) is -0.876. The van der Waals surface area contributed by atoms with Crippen LogP contribution in [0.4, 0.5) is 10.1 Å². The molecule has 1 heterocycles. The van der Waals surface area contributed by atoms with Gasteiger partial charge >= 0.3 is 0 Å². The van der Waals surface area contributed by atoms with Crippen LogP contribution in [0.15, 0.2) is 76.8 Å². The summed E-state index contributed by atoms with van der Waals surface area (Å²) in [6, 6.07) is 14.4. The summed E-state index contributed by atoms with van der Waals surface area (Å²) in [6.07, 6.45) is 1.19. The molecule has 2 aromatic carbocycles. The fourth-order valence-corrected chi connectivity index (χ4v) is 3.42. The molecule has 26 heavy (non-hydrogen) atoms. The van der Waals surface area contributed by atoms with Crippen molar-refractivity contribution in [2.45, 2.75) is 16.8 Å². The predicted molar refractivity (Wildman–Crippen MR) is 95.2 cm³/mol. The second kappa shape index (κ2) is 7.05. The molecule has 1 amide bonds. The van der Waals surface area contributed by atoms with E-state index >= 15 is 0 Å². The highest BCUT2D eigenvalue weighted by atomic mass is 32.2. The van der Waals surface area contributed by atoms with Crippen LogP contribution in [-0.4, -0.2) is 19.3 Å². The van der Waals surface area contributed by atoms with E-state index in [2.05, 4.69) is 10.3 Å². The van der Waals surface area contributed by atoms with Crippen molar-refractivity contribution < 1.29 is 17.6 Å². The molecule has 3 aromatic rings. The topological polar surface area (TPSA) is 76.1 Å². The largest absolute Gasteiger partial charge is 0.322 e. The lowest BCUT2D eigenvalue weighted by atomic mass is 10.2. The number of aromatic nitrogens is 1. The van der Waals surface area contributed by atoms with Gasteiger partial charge < -0.3 is 5.32 Å². The van der Waals surface area contributed by atoms with Gasteiger partial charge in [0.1, 0.15) is 5.82 Å². The van der Waals surface area contributed by atoms with Crippen molar-refractivity contribution in [3.63, 3.8) is 0 Å². The first-order valence-electron chi connectivity index (χ1n) is 7.71. The van der Waals surface area contributed by atoms with E-state index in [0.29, 0.717) is 5.69 Å². The monoisotopic (exact) mass is 370 g/mol. The maximum absolute atomic E-state index is 12.9. The first kappa shape index (κ1) is 17.8. The van der Waals surface area contributed by atoms with Gasteiger partial charge in [-0.15, -0.1) is 0 Å². The van der Waals surface area contributed by atoms with Crippen LogP contribution < -0.4 is 5.32 Å². The van der Waals surface area contributed by atoms with E-state index in [-0.39, 0.29) is 15.5 Å². The Morgan fingerprint density at radius 3 is 2.19 bits per heavy atom. The standard InChI is InChI=1S/C19H15FN2O3S/c1-13-2-9-17(10-3-13)26(24,25)18-11-4-14(12-21-18)19(23)22-16-7-5-15(20)6-8-16/h2-12H,1H3,(H,22,23). The summed E-state index contributed by atoms with van der Waals surface area (Å²) in [5, 5.41) is 2.45. The van der Waals surface area contributed by atoms with Gasteiger partial charge in [0.25, 0.3) is 5.91 Å². The molecule has 0 bridgehead atoms. The van der Waals surface area contributed by atoms with Crippen LogP contribution in [-0.2, 0) is 9.84 Å². The number of carbonyl (C=O) groups excluding carboxylic acids is 1. The molecule has 5 nitrogen and oxygen atoms in total. The number of halogens is 1. The molecular weight excluding hydrogens is 355 g/mol. The molecule has 1 N–H and O–H groups in total. The number of hydrogen-bond donors (Lipinski definition) is 1. The van der Waals surface area contributed by atoms with Gasteiger partial charge in [-0.2, -0.15) is 0 Å². The molecule has 0 fully saturated rings. The van der Waals surface area contributed by atoms with E-state index in [1.54, 1.807) is 12.1 Å². The summed E-state index contributed by atoms with van der Waals surface area (Å²) in [7, 11) is -3.75. The normalized spacial score (nSPS) is 11.2. The maximum Gasteiger partial charge on any atom is 0.257 e. The fourth-order valence-electron chi connectivity index (χ4n) is 2.25. The number of nitrogens with zero attached hydrogens (tertiary/aromatic N) is 1. The SMILES string of the molecule is Cc1ccc(S(=O)(=O)c2ccc(C(=O)Nc3ccc(F)cc3)cn2)cc1. The van der Waals surface area contributed by atoms with Gasteiger partial charge in [0.2, 0.25) is 9.84 Å². The minimum atomic E-state index is -3.75. The second-order valence-electron chi connectivity index (χ2n) is 5.66. The van der Waals surface area contributed by atoms with Crippen molar-refractivity contribution in [3.05, 3.63) is 83.8 Å². The van der Waals surface area contributed by atoms with Crippen molar-refractivity contribution in [2.24, 2.45) is 0 Å². The van der Waals surface area contributed by atoms with Crippen LogP contribution in [0.25, 0.3) is 0 Å². The third-order valence-corrected chi connectivity index (χ3v) is 5.39. The van der Waals surface area contributed by atoms with E-state index in [4.69, 9.17) is 0 Å². The quantitative estimate of drug-likeness (QED) is 0.761. The molecule has 7 heteroatoms. The van der Waals surface area contributed by atoms with Gasteiger partial charge in [-0.1, -0.05) is 17.7 Å². The summed E-state index contributed by atoms with van der Waals surface area (Å²) >= 11 is 0. The van der Waals surface area contributed by atoms with E-state index in [1.165, 1.54) is 54.7 Å². The van der Waals surface area contributed by atoms with Gasteiger partial charge in [0.05, 0.1) is 10.5 Å². The maximum atomic E-state index is 12.9. The lowest BCUT2D eigenvalue weighted by Crippen LogP contribution is -2.13. The van der Waals surface area contributed by atoms with E-state index in [1.807, 2.05) is 6.92 Å². The number of aryl methyl sites for hydroxylation is 1. The summed E-state index contributed by atoms with van der Waals surface area (Å²) < 4.78 is 38.0. The Labute approximate surface area is 150 Å². The van der Waals surface area contributed by atoms with Crippen molar-refractivity contribution >= 4 is 21.4 Å². The summed E-state index contributed by atoms with van der Waals surface area (Å²) in [4.78, 5) is 16.2. The molecule has 3 rings (SSSR count). The molecule has 0 spiro atoms. The predicted octanol–water partition coefficient (Wildman–Crippen LogP) is 3.61. The molecule has 132 valence electrons. The molecule has 0 atom stereocenters. The van der Waals surface area contributed by atoms with Crippen molar-refractivity contribution in [3.8, 4) is 0 Å². The fraction of sp³-hybridized carbons (Fsp3) is 0.0526. The van der Waals surface area contributed by atoms with Crippen molar-refractivity contribution in [1.82, 2.24) is 4.98 Å². The van der Waals surface area contributed by atoms with Crippen LogP contribution in [0.3, 0.4) is 0 Å². The van der Waals surface area contributed by atoms with E-state index < -0.39 is 21.6 Å². The number of carbonyl (C=O) groups is 1. The number of sulfone groups is 1. The van der Waals surface area contributed by atoms with Crippen LogP contribution in [0.5, 0.6) is 0 Å². The Morgan fingerprint density at radius 2 is 1.62 bits per heavy atom. The molecule has 0 aliphatic carbocycles. The lowest BCUT2D eigenvalue weighted by molar-refractivity contribution is 0.102. The molecule has 0 saturated carbocycles. The zero-order valence-corrected chi connectivity index (χ0v) is 14.6. The number of hydrogen-bond acceptors (Lipinski definition) is 4.